The van der Waals surface area contributed by atoms with E-state index in [0.29, 0.717) is 65.3 Å². The van der Waals surface area contributed by atoms with E-state index in [1.807, 2.05) is 35.8 Å². The minimum Gasteiger partial charge on any atom is -0.488 e. The van der Waals surface area contributed by atoms with E-state index in [-0.39, 0.29) is 17.6 Å². The first-order chi connectivity index (χ1) is 18.8. The van der Waals surface area contributed by atoms with E-state index in [1.54, 1.807) is 17.2 Å². The van der Waals surface area contributed by atoms with Gasteiger partial charge in [-0.1, -0.05) is 11.6 Å². The van der Waals surface area contributed by atoms with Gasteiger partial charge in [0.15, 0.2) is 11.2 Å². The molecule has 11 heteroatoms. The Morgan fingerprint density at radius 1 is 1.21 bits per heavy atom. The van der Waals surface area contributed by atoms with Crippen LogP contribution >= 0.6 is 11.6 Å². The van der Waals surface area contributed by atoms with Crippen molar-refractivity contribution in [2.75, 3.05) is 19.7 Å². The van der Waals surface area contributed by atoms with Crippen LogP contribution in [0, 0.1) is 6.92 Å². The average molecular weight is 549 g/mol. The molecule has 1 saturated carbocycles. The third-order valence-electron chi connectivity index (χ3n) is 7.20. The topological polar surface area (TPSA) is 115 Å². The SMILES string of the molecule is Cc1ccnc(Cn2c(-c3ccc(O[C@H]4CCN(C(=O)CO)C4)cc3Cl)nc3c(OC4(C)CC4)ncnc32)c1. The predicted octanol–water partition coefficient (Wildman–Crippen LogP) is 3.80. The summed E-state index contributed by atoms with van der Waals surface area (Å²) in [6.07, 6.45) is 5.75. The fourth-order valence-corrected chi connectivity index (χ4v) is 5.05. The summed E-state index contributed by atoms with van der Waals surface area (Å²) in [5.41, 5.74) is 3.67. The molecule has 1 amide bonds. The number of pyridine rings is 1. The van der Waals surface area contributed by atoms with E-state index in [9.17, 15) is 4.79 Å². The maximum absolute atomic E-state index is 11.8. The van der Waals surface area contributed by atoms with Crippen LogP contribution in [0.15, 0.2) is 42.9 Å². The quantitative estimate of drug-likeness (QED) is 0.353. The molecular weight excluding hydrogens is 520 g/mol. The van der Waals surface area contributed by atoms with Gasteiger partial charge in [-0.05, 0) is 62.6 Å². The molecule has 1 aliphatic carbocycles. The number of amides is 1. The first kappa shape index (κ1) is 25.5. The second-order valence-electron chi connectivity index (χ2n) is 10.4. The summed E-state index contributed by atoms with van der Waals surface area (Å²) in [5, 5.41) is 9.59. The van der Waals surface area contributed by atoms with Gasteiger partial charge in [0.1, 0.15) is 36.2 Å². The number of aromatic nitrogens is 5. The Kier molecular flexibility index (Phi) is 6.60. The van der Waals surface area contributed by atoms with Gasteiger partial charge >= 0.3 is 0 Å². The first-order valence-corrected chi connectivity index (χ1v) is 13.4. The predicted molar refractivity (Wildman–Crippen MR) is 145 cm³/mol. The van der Waals surface area contributed by atoms with Crippen molar-refractivity contribution in [2.45, 2.75) is 51.4 Å². The molecule has 0 bridgehead atoms. The number of carbonyl (C=O) groups is 1. The molecule has 202 valence electrons. The van der Waals surface area contributed by atoms with Crippen LogP contribution in [0.25, 0.3) is 22.6 Å². The number of ether oxygens (including phenoxy) is 2. The number of hydrogen-bond donors (Lipinski definition) is 1. The zero-order valence-electron chi connectivity index (χ0n) is 21.8. The minimum atomic E-state index is -0.497. The highest BCUT2D eigenvalue weighted by Gasteiger charge is 2.41. The maximum Gasteiger partial charge on any atom is 0.248 e. The molecule has 4 heterocycles. The number of hydrogen-bond acceptors (Lipinski definition) is 8. The highest BCUT2D eigenvalue weighted by Crippen LogP contribution is 2.41. The molecule has 1 N–H and O–H groups in total. The summed E-state index contributed by atoms with van der Waals surface area (Å²) in [6.45, 7) is 5.01. The van der Waals surface area contributed by atoms with Gasteiger partial charge in [-0.25, -0.2) is 9.97 Å². The normalized spacial score (nSPS) is 17.9. The van der Waals surface area contributed by atoms with Gasteiger partial charge in [0.05, 0.1) is 23.8 Å². The van der Waals surface area contributed by atoms with Gasteiger partial charge in [-0.3, -0.25) is 9.78 Å². The van der Waals surface area contributed by atoms with E-state index in [2.05, 4.69) is 21.9 Å². The van der Waals surface area contributed by atoms with E-state index >= 15 is 0 Å². The van der Waals surface area contributed by atoms with E-state index in [0.717, 1.165) is 24.1 Å². The van der Waals surface area contributed by atoms with E-state index in [1.165, 1.54) is 6.33 Å². The molecule has 0 spiro atoms. The van der Waals surface area contributed by atoms with Crippen LogP contribution in [0.3, 0.4) is 0 Å². The van der Waals surface area contributed by atoms with Gasteiger partial charge in [0, 0.05) is 24.7 Å². The number of nitrogens with zero attached hydrogens (tertiary/aromatic N) is 6. The summed E-state index contributed by atoms with van der Waals surface area (Å²) in [5.74, 6) is 1.38. The molecule has 6 rings (SSSR count). The van der Waals surface area contributed by atoms with Crippen LogP contribution < -0.4 is 9.47 Å². The zero-order chi connectivity index (χ0) is 27.1. The van der Waals surface area contributed by atoms with Crippen molar-refractivity contribution in [3.63, 3.8) is 0 Å². The zero-order valence-corrected chi connectivity index (χ0v) is 22.6. The molecule has 0 unspecified atom stereocenters. The van der Waals surface area contributed by atoms with Gasteiger partial charge in [-0.15, -0.1) is 0 Å². The Morgan fingerprint density at radius 2 is 2.05 bits per heavy atom. The standard InChI is InChI=1S/C28H29ClN6O4/c1-17-5-9-30-18(11-17)13-35-25(33-24-26(35)31-16-32-27(24)39-28(2)7-8-28)21-4-3-19(12-22(21)29)38-20-6-10-34(14-20)23(37)15-36/h3-5,9,11-12,16,20,36H,6-8,10,13-15H2,1-2H3/t20-/m0/s1. The lowest BCUT2D eigenvalue weighted by molar-refractivity contribution is -0.133. The average Bonchev–Trinajstić information content (AvgIpc) is 3.29. The van der Waals surface area contributed by atoms with Gasteiger partial charge in [0.25, 0.3) is 0 Å². The molecule has 39 heavy (non-hydrogen) atoms. The first-order valence-electron chi connectivity index (χ1n) is 13.0. The Balaban J connectivity index is 1.35. The molecular formula is C28H29ClN6O4. The number of aliphatic hydroxyl groups excluding tert-OH is 1. The summed E-state index contributed by atoms with van der Waals surface area (Å²) in [6, 6.07) is 9.47. The minimum absolute atomic E-state index is 0.168. The Hall–Kier alpha value is -3.76. The summed E-state index contributed by atoms with van der Waals surface area (Å²) in [4.78, 5) is 31.8. The monoisotopic (exact) mass is 548 g/mol. The van der Waals surface area contributed by atoms with Crippen molar-refractivity contribution >= 4 is 28.7 Å². The highest BCUT2D eigenvalue weighted by molar-refractivity contribution is 6.33. The molecule has 1 aromatic carbocycles. The Labute approximate surface area is 230 Å². The second-order valence-corrected chi connectivity index (χ2v) is 10.8. The van der Waals surface area contributed by atoms with Crippen molar-refractivity contribution in [2.24, 2.45) is 0 Å². The number of carbonyl (C=O) groups excluding carboxylic acids is 1. The van der Waals surface area contributed by atoms with Crippen LogP contribution in [-0.2, 0) is 11.3 Å². The van der Waals surface area contributed by atoms with Crippen molar-refractivity contribution in [3.05, 3.63) is 59.1 Å². The molecule has 2 fully saturated rings. The van der Waals surface area contributed by atoms with Gasteiger partial charge in [-0.2, -0.15) is 4.98 Å². The molecule has 3 aromatic heterocycles. The number of likely N-dealkylation sites (tertiary alicyclic amines) is 1. The molecule has 1 aliphatic heterocycles. The molecule has 0 radical (unpaired) electrons. The number of aliphatic hydroxyl groups is 1. The third-order valence-corrected chi connectivity index (χ3v) is 7.52. The van der Waals surface area contributed by atoms with E-state index < -0.39 is 6.61 Å². The summed E-state index contributed by atoms with van der Waals surface area (Å²) >= 11 is 6.82. The number of aryl methyl sites for hydroxylation is 1. The summed E-state index contributed by atoms with van der Waals surface area (Å²) < 4.78 is 14.3. The van der Waals surface area contributed by atoms with Crippen molar-refractivity contribution in [3.8, 4) is 23.0 Å². The number of imidazole rings is 1. The largest absolute Gasteiger partial charge is 0.488 e. The maximum atomic E-state index is 11.8. The molecule has 10 nitrogen and oxygen atoms in total. The molecule has 1 saturated heterocycles. The lowest BCUT2D eigenvalue weighted by Gasteiger charge is -2.17. The number of rotatable bonds is 8. The van der Waals surface area contributed by atoms with Crippen LogP contribution in [0.1, 0.15) is 37.4 Å². The fourth-order valence-electron chi connectivity index (χ4n) is 4.80. The van der Waals surface area contributed by atoms with Crippen molar-refractivity contribution < 1.29 is 19.4 Å². The second kappa shape index (κ2) is 10.1. The Morgan fingerprint density at radius 3 is 2.79 bits per heavy atom. The van der Waals surface area contributed by atoms with Crippen LogP contribution in [0.5, 0.6) is 11.6 Å². The molecule has 2 aliphatic rings. The highest BCUT2D eigenvalue weighted by atomic mass is 35.5. The van der Waals surface area contributed by atoms with Crippen LogP contribution in [0.2, 0.25) is 5.02 Å². The van der Waals surface area contributed by atoms with Crippen molar-refractivity contribution in [1.82, 2.24) is 29.4 Å². The lowest BCUT2D eigenvalue weighted by atomic mass is 10.2. The number of halogens is 1. The van der Waals surface area contributed by atoms with Gasteiger partial charge < -0.3 is 24.0 Å². The van der Waals surface area contributed by atoms with Crippen molar-refractivity contribution in [1.29, 1.82) is 0 Å². The number of benzene rings is 1. The van der Waals surface area contributed by atoms with Crippen LogP contribution in [0.4, 0.5) is 0 Å². The lowest BCUT2D eigenvalue weighted by Crippen LogP contribution is -2.32. The smallest absolute Gasteiger partial charge is 0.248 e. The fraction of sp³-hybridized carbons (Fsp3) is 0.393. The molecule has 1 atom stereocenters. The van der Waals surface area contributed by atoms with Crippen LogP contribution in [-0.4, -0.2) is 71.8 Å². The van der Waals surface area contributed by atoms with Gasteiger partial charge in [0.2, 0.25) is 11.8 Å². The van der Waals surface area contributed by atoms with E-state index in [4.69, 9.17) is 31.2 Å². The Bertz CT molecular complexity index is 1550. The summed E-state index contributed by atoms with van der Waals surface area (Å²) in [7, 11) is 0. The third kappa shape index (κ3) is 5.26. The number of fused-ring (bicyclic) bond motifs is 1. The molecule has 4 aromatic rings.